The van der Waals surface area contributed by atoms with Crippen molar-refractivity contribution in [3.05, 3.63) is 40.6 Å². The highest BCUT2D eigenvalue weighted by Crippen LogP contribution is 2.39. The zero-order valence-corrected chi connectivity index (χ0v) is 23.3. The summed E-state index contributed by atoms with van der Waals surface area (Å²) in [5, 5.41) is 92.1. The lowest BCUT2D eigenvalue weighted by molar-refractivity contribution is -0.318. The molecule has 0 unspecified atom stereocenters. The van der Waals surface area contributed by atoms with Crippen molar-refractivity contribution in [2.75, 3.05) is 13.7 Å². The van der Waals surface area contributed by atoms with Gasteiger partial charge in [0, 0.05) is 17.7 Å². The van der Waals surface area contributed by atoms with E-state index in [-0.39, 0.29) is 28.4 Å². The van der Waals surface area contributed by atoms with Crippen LogP contribution in [0.1, 0.15) is 6.92 Å². The van der Waals surface area contributed by atoms with Crippen LogP contribution in [0.2, 0.25) is 0 Å². The number of phenolic OH excluding ortho intramolecular Hbond substituents is 3. The smallest absolute Gasteiger partial charge is 0.239 e. The van der Waals surface area contributed by atoms with Crippen molar-refractivity contribution >= 4 is 11.0 Å². The van der Waals surface area contributed by atoms with Crippen molar-refractivity contribution in [2.24, 2.45) is 0 Å². The third-order valence-corrected chi connectivity index (χ3v) is 7.50. The molecule has 0 amide bonds. The van der Waals surface area contributed by atoms with Crippen molar-refractivity contribution in [3.63, 3.8) is 0 Å². The van der Waals surface area contributed by atoms with E-state index < -0.39 is 96.1 Å². The van der Waals surface area contributed by atoms with E-state index in [1.165, 1.54) is 32.2 Å². The number of fused-ring (bicyclic) bond motifs is 1. The maximum Gasteiger partial charge on any atom is 0.239 e. The number of rotatable bonds is 7. The Morgan fingerprint density at radius 3 is 2.18 bits per heavy atom. The molecule has 2 aliphatic rings. The van der Waals surface area contributed by atoms with Gasteiger partial charge < -0.3 is 74.1 Å². The fraction of sp³-hybridized carbons (Fsp3) is 0.464. The van der Waals surface area contributed by atoms with Gasteiger partial charge in [0.1, 0.15) is 65.2 Å². The molecule has 5 rings (SSSR count). The van der Waals surface area contributed by atoms with E-state index in [4.69, 9.17) is 28.1 Å². The van der Waals surface area contributed by atoms with Gasteiger partial charge in [0.05, 0.1) is 19.8 Å². The predicted molar refractivity (Wildman–Crippen MR) is 145 cm³/mol. The molecule has 0 aliphatic carbocycles. The molecule has 3 aromatic rings. The zero-order valence-electron chi connectivity index (χ0n) is 23.3. The molecule has 44 heavy (non-hydrogen) atoms. The number of hydrogen-bond donors (Lipinski definition) is 9. The molecule has 0 spiro atoms. The number of methoxy groups -OCH3 is 1. The highest BCUT2D eigenvalue weighted by atomic mass is 16.7. The van der Waals surface area contributed by atoms with Crippen LogP contribution in [-0.2, 0) is 14.2 Å². The van der Waals surface area contributed by atoms with Crippen LogP contribution < -0.4 is 14.9 Å². The van der Waals surface area contributed by atoms with Crippen LogP contribution in [0.3, 0.4) is 0 Å². The number of aliphatic hydroxyl groups excluding tert-OH is 6. The highest BCUT2D eigenvalue weighted by Gasteiger charge is 2.47. The van der Waals surface area contributed by atoms with E-state index in [1.807, 2.05) is 0 Å². The van der Waals surface area contributed by atoms with Gasteiger partial charge in [0.25, 0.3) is 0 Å². The lowest BCUT2D eigenvalue weighted by Crippen LogP contribution is -2.61. The van der Waals surface area contributed by atoms with Crippen LogP contribution >= 0.6 is 0 Å². The second kappa shape index (κ2) is 12.4. The number of hydrogen-bond acceptors (Lipinski definition) is 16. The summed E-state index contributed by atoms with van der Waals surface area (Å²) in [6.45, 7) is 0.845. The molecule has 16 heteroatoms. The summed E-state index contributed by atoms with van der Waals surface area (Å²) in [6, 6.07) is 5.83. The van der Waals surface area contributed by atoms with Gasteiger partial charge >= 0.3 is 0 Å². The minimum absolute atomic E-state index is 0.0151. The predicted octanol–water partition coefficient (Wildman–Crippen LogP) is -1.38. The van der Waals surface area contributed by atoms with Crippen molar-refractivity contribution in [2.45, 2.75) is 68.3 Å². The SMILES string of the molecule is COc1cc(-c2oc3cc(O)cc(O)c3c(=O)c2O[C@H]2O[C@@H](CO[C@@H]3O[C@@H](C)[C@H](O)[C@@H](O)[C@H]3O)[C@@H](O)[C@@H](O)[C@@H]2O)ccc1O. The van der Waals surface area contributed by atoms with Gasteiger partial charge in [-0.05, 0) is 25.1 Å². The lowest BCUT2D eigenvalue weighted by atomic mass is 9.98. The molecule has 2 saturated heterocycles. The van der Waals surface area contributed by atoms with Gasteiger partial charge in [-0.15, -0.1) is 0 Å². The largest absolute Gasteiger partial charge is 0.508 e. The van der Waals surface area contributed by atoms with E-state index in [9.17, 15) is 50.8 Å². The number of benzene rings is 2. The van der Waals surface area contributed by atoms with E-state index in [0.29, 0.717) is 0 Å². The van der Waals surface area contributed by atoms with E-state index in [0.717, 1.165) is 12.1 Å². The van der Waals surface area contributed by atoms with Crippen molar-refractivity contribution in [1.82, 2.24) is 0 Å². The van der Waals surface area contributed by atoms with E-state index in [2.05, 4.69) is 0 Å². The molecule has 2 fully saturated rings. The van der Waals surface area contributed by atoms with Gasteiger partial charge in [-0.1, -0.05) is 0 Å². The summed E-state index contributed by atoms with van der Waals surface area (Å²) < 4.78 is 33.2. The Bertz CT molecular complexity index is 1560. The first-order valence-corrected chi connectivity index (χ1v) is 13.4. The monoisotopic (exact) mass is 624 g/mol. The topological polar surface area (TPSA) is 258 Å². The lowest BCUT2D eigenvalue weighted by Gasteiger charge is -2.42. The molecule has 3 heterocycles. The Morgan fingerprint density at radius 2 is 1.48 bits per heavy atom. The fourth-order valence-corrected chi connectivity index (χ4v) is 4.99. The van der Waals surface area contributed by atoms with Crippen LogP contribution in [0.5, 0.6) is 28.7 Å². The Morgan fingerprint density at radius 1 is 0.795 bits per heavy atom. The summed E-state index contributed by atoms with van der Waals surface area (Å²) in [5.41, 5.74) is -1.11. The molecule has 9 N–H and O–H groups in total. The Balaban J connectivity index is 1.49. The third-order valence-electron chi connectivity index (χ3n) is 7.50. The first-order valence-electron chi connectivity index (χ1n) is 13.4. The third kappa shape index (κ3) is 5.74. The molecular formula is C28H32O16. The number of aromatic hydroxyl groups is 3. The molecular weight excluding hydrogens is 592 g/mol. The molecule has 2 aliphatic heterocycles. The number of ether oxygens (including phenoxy) is 5. The maximum atomic E-state index is 13.7. The quantitative estimate of drug-likeness (QED) is 0.147. The van der Waals surface area contributed by atoms with Crippen LogP contribution in [0.15, 0.2) is 39.5 Å². The molecule has 0 radical (unpaired) electrons. The number of phenols is 3. The average molecular weight is 625 g/mol. The summed E-state index contributed by atoms with van der Waals surface area (Å²) >= 11 is 0. The van der Waals surface area contributed by atoms with Crippen molar-refractivity contribution in [3.8, 4) is 40.1 Å². The molecule has 16 nitrogen and oxygen atoms in total. The molecule has 1 aromatic heterocycles. The van der Waals surface area contributed by atoms with Gasteiger partial charge in [0.15, 0.2) is 23.5 Å². The minimum atomic E-state index is -1.94. The minimum Gasteiger partial charge on any atom is -0.508 e. The second-order valence-corrected chi connectivity index (χ2v) is 10.5. The maximum absolute atomic E-state index is 13.7. The zero-order chi connectivity index (χ0) is 32.0. The summed E-state index contributed by atoms with van der Waals surface area (Å²) in [6.07, 6.45) is -16.0. The first-order chi connectivity index (χ1) is 20.8. The average Bonchev–Trinajstić information content (AvgIpc) is 2.98. The van der Waals surface area contributed by atoms with Gasteiger partial charge in [0.2, 0.25) is 17.5 Å². The van der Waals surface area contributed by atoms with Gasteiger partial charge in [-0.2, -0.15) is 0 Å². The summed E-state index contributed by atoms with van der Waals surface area (Å²) in [7, 11) is 1.28. The van der Waals surface area contributed by atoms with Crippen LogP contribution in [-0.4, -0.2) is 121 Å². The second-order valence-electron chi connectivity index (χ2n) is 10.5. The molecule has 10 atom stereocenters. The Labute approximate surface area is 248 Å². The van der Waals surface area contributed by atoms with Gasteiger partial charge in [-0.25, -0.2) is 0 Å². The summed E-state index contributed by atoms with van der Waals surface area (Å²) in [4.78, 5) is 13.7. The number of aliphatic hydroxyl groups is 6. The molecule has 2 aromatic carbocycles. The summed E-state index contributed by atoms with van der Waals surface area (Å²) in [5.74, 6) is -2.28. The normalized spacial score (nSPS) is 32.5. The van der Waals surface area contributed by atoms with Crippen LogP contribution in [0.4, 0.5) is 0 Å². The Hall–Kier alpha value is -3.71. The highest BCUT2D eigenvalue weighted by molar-refractivity contribution is 5.88. The molecule has 0 saturated carbocycles. The molecule has 240 valence electrons. The first kappa shape index (κ1) is 31.7. The van der Waals surface area contributed by atoms with Crippen molar-refractivity contribution < 1.29 is 74.1 Å². The van der Waals surface area contributed by atoms with E-state index >= 15 is 0 Å². The fourth-order valence-electron chi connectivity index (χ4n) is 4.99. The van der Waals surface area contributed by atoms with Crippen LogP contribution in [0, 0.1) is 0 Å². The van der Waals surface area contributed by atoms with E-state index in [1.54, 1.807) is 0 Å². The Kier molecular flexibility index (Phi) is 8.90. The van der Waals surface area contributed by atoms with Crippen molar-refractivity contribution in [1.29, 1.82) is 0 Å². The van der Waals surface area contributed by atoms with Crippen LogP contribution in [0.25, 0.3) is 22.3 Å². The standard InChI is InChI=1S/C28H32O16/c1-9-18(32)21(35)23(37)27(41-9)40-8-16-19(33)22(36)24(38)28(43-16)44-26-20(34)17-13(31)6-11(29)7-15(17)42-25(26)10-3-4-12(30)14(5-10)39-2/h3-7,9,16,18-19,21-24,27-33,35-38H,8H2,1-2H3/t9-,16-,18-,19+,21+,22+,23+,24-,27+,28+/m0/s1. The van der Waals surface area contributed by atoms with Gasteiger partial charge in [-0.3, -0.25) is 4.79 Å². The molecule has 0 bridgehead atoms.